The lowest BCUT2D eigenvalue weighted by atomic mass is 10.0. The van der Waals surface area contributed by atoms with Crippen LogP contribution in [0.25, 0.3) is 0 Å². The number of aryl methyl sites for hydroxylation is 1. The van der Waals surface area contributed by atoms with E-state index in [0.717, 1.165) is 57.8 Å². The van der Waals surface area contributed by atoms with Gasteiger partial charge in [0.25, 0.3) is 0 Å². The molecule has 2 aromatic rings. The molecule has 1 atom stereocenters. The molecular weight excluding hydrogens is 376 g/mol. The number of likely N-dealkylation sites (tertiary alicyclic amines) is 1. The third kappa shape index (κ3) is 4.61. The van der Waals surface area contributed by atoms with Crippen molar-refractivity contribution in [3.05, 3.63) is 33.7 Å². The van der Waals surface area contributed by atoms with Gasteiger partial charge in [-0.25, -0.2) is 0 Å². The van der Waals surface area contributed by atoms with E-state index in [1.807, 2.05) is 0 Å². The maximum absolute atomic E-state index is 12.5. The summed E-state index contributed by atoms with van der Waals surface area (Å²) in [6, 6.07) is 2.11. The minimum absolute atomic E-state index is 0.0315. The largest absolute Gasteiger partial charge is 0.423 e. The number of rotatable bonds is 6. The molecule has 0 bridgehead atoms. The molecule has 152 valence electrons. The Morgan fingerprint density at radius 2 is 2.07 bits per heavy atom. The molecule has 0 aliphatic carbocycles. The second kappa shape index (κ2) is 9.15. The smallest absolute Gasteiger partial charge is 0.234 e. The number of ether oxygens (including phenoxy) is 1. The van der Waals surface area contributed by atoms with Crippen LogP contribution in [-0.2, 0) is 16.1 Å². The van der Waals surface area contributed by atoms with Gasteiger partial charge >= 0.3 is 0 Å². The lowest BCUT2D eigenvalue weighted by Crippen LogP contribution is -2.41. The van der Waals surface area contributed by atoms with Crippen molar-refractivity contribution in [3.63, 3.8) is 0 Å². The van der Waals surface area contributed by atoms with Crippen molar-refractivity contribution in [2.75, 3.05) is 26.3 Å². The van der Waals surface area contributed by atoms with Gasteiger partial charge in [0.15, 0.2) is 0 Å². The van der Waals surface area contributed by atoms with E-state index >= 15 is 0 Å². The van der Waals surface area contributed by atoms with E-state index < -0.39 is 0 Å². The van der Waals surface area contributed by atoms with E-state index in [1.54, 1.807) is 11.3 Å². The highest BCUT2D eigenvalue weighted by molar-refractivity contribution is 7.10. The zero-order valence-electron chi connectivity index (χ0n) is 16.4. The van der Waals surface area contributed by atoms with Crippen LogP contribution in [0.2, 0.25) is 0 Å². The second-order valence-corrected chi connectivity index (χ2v) is 8.65. The van der Waals surface area contributed by atoms with Crippen molar-refractivity contribution < 1.29 is 13.9 Å². The minimum Gasteiger partial charge on any atom is -0.423 e. The van der Waals surface area contributed by atoms with Gasteiger partial charge in [-0.05, 0) is 56.2 Å². The summed E-state index contributed by atoms with van der Waals surface area (Å²) in [5, 5.41) is 13.8. The van der Waals surface area contributed by atoms with Crippen LogP contribution in [0.4, 0.5) is 0 Å². The molecule has 2 aliphatic heterocycles. The number of piperidine rings is 1. The van der Waals surface area contributed by atoms with E-state index in [1.165, 1.54) is 10.4 Å². The lowest BCUT2D eigenvalue weighted by molar-refractivity contribution is -0.123. The number of aromatic nitrogens is 2. The highest BCUT2D eigenvalue weighted by Gasteiger charge is 2.31. The number of nitrogens with one attached hydrogen (secondary N) is 1. The first kappa shape index (κ1) is 19.5. The number of hydrogen-bond donors (Lipinski definition) is 1. The average Bonchev–Trinajstić information content (AvgIpc) is 3.37. The second-order valence-electron chi connectivity index (χ2n) is 7.65. The summed E-state index contributed by atoms with van der Waals surface area (Å²) in [5.74, 6) is 1.72. The van der Waals surface area contributed by atoms with Crippen LogP contribution in [0.3, 0.4) is 0 Å². The lowest BCUT2D eigenvalue weighted by Gasteiger charge is -2.32. The Bertz CT molecular complexity index is 784. The molecule has 7 nitrogen and oxygen atoms in total. The summed E-state index contributed by atoms with van der Waals surface area (Å²) in [6.45, 7) is 5.42. The maximum atomic E-state index is 12.5. The van der Waals surface area contributed by atoms with Crippen LogP contribution in [0.1, 0.15) is 66.3 Å². The van der Waals surface area contributed by atoms with E-state index in [4.69, 9.17) is 9.15 Å². The van der Waals surface area contributed by atoms with Crippen molar-refractivity contribution in [1.82, 2.24) is 20.4 Å². The van der Waals surface area contributed by atoms with Crippen LogP contribution >= 0.6 is 11.3 Å². The number of carbonyl (C=O) groups excluding carboxylic acids is 1. The van der Waals surface area contributed by atoms with Crippen LogP contribution in [0, 0.1) is 6.92 Å². The van der Waals surface area contributed by atoms with Crippen molar-refractivity contribution in [2.45, 2.75) is 57.5 Å². The maximum Gasteiger partial charge on any atom is 0.234 e. The van der Waals surface area contributed by atoms with Crippen molar-refractivity contribution in [2.24, 2.45) is 0 Å². The SMILES string of the molecule is Cc1ccsc1CNC(=O)CN1CCCC[C@H]1c1nnc(C2CCOCC2)o1. The molecule has 0 saturated carbocycles. The molecule has 1 N–H and O–H groups in total. The highest BCUT2D eigenvalue weighted by Crippen LogP contribution is 2.32. The van der Waals surface area contributed by atoms with E-state index in [9.17, 15) is 4.79 Å². The first-order valence-electron chi connectivity index (χ1n) is 10.2. The summed E-state index contributed by atoms with van der Waals surface area (Å²) in [4.78, 5) is 15.9. The molecule has 2 saturated heterocycles. The van der Waals surface area contributed by atoms with Crippen LogP contribution in [0.15, 0.2) is 15.9 Å². The molecule has 0 unspecified atom stereocenters. The van der Waals surface area contributed by atoms with Crippen LogP contribution < -0.4 is 5.32 Å². The fraction of sp³-hybridized carbons (Fsp3) is 0.650. The summed E-state index contributed by atoms with van der Waals surface area (Å²) in [6.07, 6.45) is 5.02. The molecule has 2 aliphatic rings. The first-order valence-corrected chi connectivity index (χ1v) is 11.0. The van der Waals surface area contributed by atoms with Crippen LogP contribution in [0.5, 0.6) is 0 Å². The fourth-order valence-corrected chi connectivity index (χ4v) is 4.80. The van der Waals surface area contributed by atoms with Gasteiger partial charge < -0.3 is 14.5 Å². The monoisotopic (exact) mass is 404 g/mol. The Morgan fingerprint density at radius 3 is 2.86 bits per heavy atom. The zero-order valence-corrected chi connectivity index (χ0v) is 17.2. The summed E-state index contributed by atoms with van der Waals surface area (Å²) in [7, 11) is 0. The summed E-state index contributed by atoms with van der Waals surface area (Å²) < 4.78 is 11.5. The molecule has 2 aromatic heterocycles. The first-order chi connectivity index (χ1) is 13.7. The molecule has 28 heavy (non-hydrogen) atoms. The van der Waals surface area contributed by atoms with Gasteiger partial charge in [-0.3, -0.25) is 9.69 Å². The average molecular weight is 405 g/mol. The minimum atomic E-state index is 0.0315. The molecule has 8 heteroatoms. The topological polar surface area (TPSA) is 80.5 Å². The predicted octanol–water partition coefficient (Wildman–Crippen LogP) is 3.18. The van der Waals surface area contributed by atoms with Gasteiger partial charge in [-0.2, -0.15) is 0 Å². The Morgan fingerprint density at radius 1 is 1.25 bits per heavy atom. The molecule has 0 aromatic carbocycles. The quantitative estimate of drug-likeness (QED) is 0.796. The third-order valence-corrected chi connectivity index (χ3v) is 6.71. The third-order valence-electron chi connectivity index (χ3n) is 5.69. The number of carbonyl (C=O) groups is 1. The van der Waals surface area contributed by atoms with Crippen LogP contribution in [-0.4, -0.2) is 47.3 Å². The van der Waals surface area contributed by atoms with Crippen molar-refractivity contribution in [1.29, 1.82) is 0 Å². The number of thiophene rings is 1. The van der Waals surface area contributed by atoms with Crippen molar-refractivity contribution in [3.8, 4) is 0 Å². The Kier molecular flexibility index (Phi) is 6.39. The van der Waals surface area contributed by atoms with Gasteiger partial charge in [0.05, 0.1) is 19.1 Å². The molecule has 1 amide bonds. The fourth-order valence-electron chi connectivity index (χ4n) is 3.96. The van der Waals surface area contributed by atoms with E-state index in [0.29, 0.717) is 24.9 Å². The van der Waals surface area contributed by atoms with Gasteiger partial charge in [-0.1, -0.05) is 6.42 Å². The van der Waals surface area contributed by atoms with Gasteiger partial charge in [0, 0.05) is 24.0 Å². The zero-order chi connectivity index (χ0) is 19.3. The molecule has 0 spiro atoms. The number of hydrogen-bond acceptors (Lipinski definition) is 7. The van der Waals surface area contributed by atoms with Crippen molar-refractivity contribution >= 4 is 17.2 Å². The Balaban J connectivity index is 1.37. The Hall–Kier alpha value is -1.77. The highest BCUT2D eigenvalue weighted by atomic mass is 32.1. The summed E-state index contributed by atoms with van der Waals surface area (Å²) >= 11 is 1.68. The molecule has 2 fully saturated rings. The van der Waals surface area contributed by atoms with E-state index in [-0.39, 0.29) is 11.9 Å². The predicted molar refractivity (Wildman–Crippen MR) is 106 cm³/mol. The standard InChI is InChI=1S/C20H28N4O3S/c1-14-7-11-28-17(14)12-21-18(25)13-24-8-3-2-4-16(24)20-23-22-19(27-20)15-5-9-26-10-6-15/h7,11,15-16H,2-6,8-10,12-13H2,1H3,(H,21,25)/t16-/m0/s1. The Labute approximate surface area is 169 Å². The molecule has 4 rings (SSSR count). The molecule has 0 radical (unpaired) electrons. The summed E-state index contributed by atoms with van der Waals surface area (Å²) in [5.41, 5.74) is 1.23. The normalized spacial score (nSPS) is 21.7. The molecular formula is C20H28N4O3S. The number of nitrogens with zero attached hydrogens (tertiary/aromatic N) is 3. The molecule has 4 heterocycles. The van der Waals surface area contributed by atoms with E-state index in [2.05, 4.69) is 38.8 Å². The number of amides is 1. The van der Waals surface area contributed by atoms with Gasteiger partial charge in [0.1, 0.15) is 0 Å². The van der Waals surface area contributed by atoms with Gasteiger partial charge in [-0.15, -0.1) is 21.5 Å². The van der Waals surface area contributed by atoms with Gasteiger partial charge in [0.2, 0.25) is 17.7 Å².